The fourth-order valence-corrected chi connectivity index (χ4v) is 4.10. The Balaban J connectivity index is 1.63. The highest BCUT2D eigenvalue weighted by molar-refractivity contribution is 5.52. The summed E-state index contributed by atoms with van der Waals surface area (Å²) in [6.45, 7) is 6.32. The summed E-state index contributed by atoms with van der Waals surface area (Å²) in [5, 5.41) is 10.2. The molecule has 0 aliphatic carbocycles. The molecule has 0 saturated carbocycles. The van der Waals surface area contributed by atoms with E-state index in [1.54, 1.807) is 0 Å². The van der Waals surface area contributed by atoms with Gasteiger partial charge in [-0.05, 0) is 56.9 Å². The average Bonchev–Trinajstić information content (AvgIpc) is 2.71. The van der Waals surface area contributed by atoms with Crippen molar-refractivity contribution in [1.29, 1.82) is 0 Å². The third-order valence-electron chi connectivity index (χ3n) is 6.23. The Morgan fingerprint density at radius 2 is 1.75 bits per heavy atom. The molecule has 1 N–H and O–H groups in total. The van der Waals surface area contributed by atoms with Gasteiger partial charge in [-0.25, -0.2) is 4.98 Å². The molecule has 28 heavy (non-hydrogen) atoms. The first-order chi connectivity index (χ1) is 13.4. The highest BCUT2D eigenvalue weighted by Gasteiger charge is 2.34. The third-order valence-corrected chi connectivity index (χ3v) is 6.23. The summed E-state index contributed by atoms with van der Waals surface area (Å²) in [4.78, 5) is 13.7. The molecule has 1 aliphatic heterocycles. The second-order valence-corrected chi connectivity index (χ2v) is 8.44. The largest absolute Gasteiger partial charge is 0.396 e. The van der Waals surface area contributed by atoms with Crippen LogP contribution in [0.15, 0.2) is 30.3 Å². The fraction of sp³-hybridized carbons (Fsp3) is 0.565. The van der Waals surface area contributed by atoms with E-state index < -0.39 is 0 Å². The molecule has 0 atom stereocenters. The van der Waals surface area contributed by atoms with Crippen LogP contribution < -0.4 is 9.80 Å². The van der Waals surface area contributed by atoms with Crippen molar-refractivity contribution in [1.82, 2.24) is 9.97 Å². The van der Waals surface area contributed by atoms with E-state index in [-0.39, 0.29) is 12.0 Å². The first-order valence-electron chi connectivity index (χ1n) is 10.4. The Labute approximate surface area is 169 Å². The molecule has 3 rings (SSSR count). The number of hydrogen-bond donors (Lipinski definition) is 1. The van der Waals surface area contributed by atoms with Crippen LogP contribution >= 0.6 is 0 Å². The summed E-state index contributed by atoms with van der Waals surface area (Å²) in [6, 6.07) is 10.6. The van der Waals surface area contributed by atoms with Gasteiger partial charge >= 0.3 is 0 Å². The highest BCUT2D eigenvalue weighted by Crippen LogP contribution is 2.38. The normalized spacial score (nSPS) is 16.2. The summed E-state index contributed by atoms with van der Waals surface area (Å²) in [7, 11) is 3.96. The summed E-state index contributed by atoms with van der Waals surface area (Å²) < 4.78 is 0. The van der Waals surface area contributed by atoms with Crippen LogP contribution in [0.3, 0.4) is 0 Å². The Bertz CT molecular complexity index is 768. The maximum atomic E-state index is 10.2. The van der Waals surface area contributed by atoms with Crippen LogP contribution in [0.4, 0.5) is 11.8 Å². The van der Waals surface area contributed by atoms with Crippen LogP contribution in [0.5, 0.6) is 0 Å². The van der Waals surface area contributed by atoms with Crippen LogP contribution in [-0.2, 0) is 6.42 Å². The van der Waals surface area contributed by atoms with E-state index in [1.165, 1.54) is 5.56 Å². The molecule has 2 aromatic rings. The van der Waals surface area contributed by atoms with Gasteiger partial charge in [-0.15, -0.1) is 0 Å². The fourth-order valence-electron chi connectivity index (χ4n) is 4.10. The molecule has 0 bridgehead atoms. The van der Waals surface area contributed by atoms with Crippen LogP contribution in [0, 0.1) is 19.3 Å². The Kier molecular flexibility index (Phi) is 6.55. The van der Waals surface area contributed by atoms with Gasteiger partial charge in [0.25, 0.3) is 0 Å². The molecule has 152 valence electrons. The van der Waals surface area contributed by atoms with Gasteiger partial charge < -0.3 is 14.9 Å². The van der Waals surface area contributed by atoms with Crippen molar-refractivity contribution >= 4 is 11.8 Å². The van der Waals surface area contributed by atoms with Gasteiger partial charge in [0.15, 0.2) is 0 Å². The zero-order valence-electron chi connectivity index (χ0n) is 17.8. The highest BCUT2D eigenvalue weighted by atomic mass is 16.3. The number of benzene rings is 1. The number of hydrogen-bond acceptors (Lipinski definition) is 5. The lowest BCUT2D eigenvalue weighted by atomic mass is 9.75. The molecule has 1 aliphatic rings. The zero-order valence-corrected chi connectivity index (χ0v) is 17.8. The van der Waals surface area contributed by atoms with E-state index in [0.717, 1.165) is 68.2 Å². The van der Waals surface area contributed by atoms with Crippen LogP contribution in [-0.4, -0.2) is 48.9 Å². The molecule has 1 aromatic carbocycles. The van der Waals surface area contributed by atoms with Crippen LogP contribution in [0.2, 0.25) is 0 Å². The number of aliphatic hydroxyl groups excluding tert-OH is 1. The number of piperidine rings is 1. The molecule has 0 spiro atoms. The van der Waals surface area contributed by atoms with Crippen molar-refractivity contribution in [2.75, 3.05) is 43.6 Å². The lowest BCUT2D eigenvalue weighted by Crippen LogP contribution is -2.43. The molecule has 0 amide bonds. The lowest BCUT2D eigenvalue weighted by Gasteiger charge is -2.42. The maximum Gasteiger partial charge on any atom is 0.227 e. The van der Waals surface area contributed by atoms with Crippen molar-refractivity contribution in [3.05, 3.63) is 47.2 Å². The van der Waals surface area contributed by atoms with Crippen LogP contribution in [0.25, 0.3) is 0 Å². The van der Waals surface area contributed by atoms with E-state index in [4.69, 9.17) is 4.98 Å². The summed E-state index contributed by atoms with van der Waals surface area (Å²) in [5.74, 6) is 1.81. The minimum absolute atomic E-state index is 0.0473. The van der Waals surface area contributed by atoms with Gasteiger partial charge in [0.2, 0.25) is 5.95 Å². The number of anilines is 2. The number of aromatic nitrogens is 2. The predicted molar refractivity (Wildman–Crippen MR) is 116 cm³/mol. The number of aliphatic hydroxyl groups is 1. The van der Waals surface area contributed by atoms with Gasteiger partial charge in [-0.3, -0.25) is 0 Å². The first-order valence-corrected chi connectivity index (χ1v) is 10.4. The van der Waals surface area contributed by atoms with Crippen LogP contribution in [0.1, 0.15) is 42.5 Å². The molecule has 0 unspecified atom stereocenters. The predicted octanol–water partition coefficient (Wildman–Crippen LogP) is 3.76. The maximum absolute atomic E-state index is 10.2. The topological polar surface area (TPSA) is 52.5 Å². The number of nitrogens with zero attached hydrogens (tertiary/aromatic N) is 4. The van der Waals surface area contributed by atoms with E-state index in [2.05, 4.69) is 54.1 Å². The zero-order chi connectivity index (χ0) is 20.1. The summed E-state index contributed by atoms with van der Waals surface area (Å²) in [6.07, 6.45) is 5.32. The molecule has 5 nitrogen and oxygen atoms in total. The minimum atomic E-state index is 0.0473. The van der Waals surface area contributed by atoms with E-state index in [9.17, 15) is 5.11 Å². The molecular formula is C23H34N4O. The molecular weight excluding hydrogens is 348 g/mol. The molecule has 1 aromatic heterocycles. The van der Waals surface area contributed by atoms with Gasteiger partial charge in [0.05, 0.1) is 0 Å². The lowest BCUT2D eigenvalue weighted by molar-refractivity contribution is 0.0848. The van der Waals surface area contributed by atoms with Gasteiger partial charge in [0, 0.05) is 45.0 Å². The van der Waals surface area contributed by atoms with Gasteiger partial charge in [0.1, 0.15) is 5.82 Å². The SMILES string of the molecule is Cc1nc(N(C)C)nc(N2CCC(CO)(CCCc3ccccc3)CC2)c1C. The number of aryl methyl sites for hydroxylation is 2. The van der Waals surface area contributed by atoms with Crippen molar-refractivity contribution in [3.63, 3.8) is 0 Å². The summed E-state index contributed by atoms with van der Waals surface area (Å²) >= 11 is 0. The quantitative estimate of drug-likeness (QED) is 0.790. The smallest absolute Gasteiger partial charge is 0.227 e. The molecule has 5 heteroatoms. The minimum Gasteiger partial charge on any atom is -0.396 e. The number of rotatable bonds is 7. The average molecular weight is 383 g/mol. The molecule has 1 fully saturated rings. The Hall–Kier alpha value is -2.14. The van der Waals surface area contributed by atoms with E-state index in [0.29, 0.717) is 0 Å². The van der Waals surface area contributed by atoms with Crippen molar-refractivity contribution in [2.45, 2.75) is 46.0 Å². The Morgan fingerprint density at radius 1 is 1.07 bits per heavy atom. The second kappa shape index (κ2) is 8.91. The van der Waals surface area contributed by atoms with Gasteiger partial charge in [-0.1, -0.05) is 30.3 Å². The van der Waals surface area contributed by atoms with E-state index >= 15 is 0 Å². The summed E-state index contributed by atoms with van der Waals surface area (Å²) in [5.41, 5.74) is 3.63. The van der Waals surface area contributed by atoms with E-state index in [1.807, 2.05) is 19.0 Å². The van der Waals surface area contributed by atoms with Crippen molar-refractivity contribution < 1.29 is 5.11 Å². The van der Waals surface area contributed by atoms with Crippen molar-refractivity contribution in [3.8, 4) is 0 Å². The van der Waals surface area contributed by atoms with Gasteiger partial charge in [-0.2, -0.15) is 4.98 Å². The Morgan fingerprint density at radius 3 is 2.36 bits per heavy atom. The monoisotopic (exact) mass is 382 g/mol. The van der Waals surface area contributed by atoms with Crippen molar-refractivity contribution in [2.24, 2.45) is 5.41 Å². The third kappa shape index (κ3) is 4.64. The second-order valence-electron chi connectivity index (χ2n) is 8.44. The molecule has 0 radical (unpaired) electrons. The standard InChI is InChI=1S/C23H34N4O/c1-18-19(2)24-22(26(3)4)25-21(18)27-15-13-23(17-28,14-16-27)12-8-11-20-9-6-5-7-10-20/h5-7,9-10,28H,8,11-17H2,1-4H3. The molecule has 1 saturated heterocycles. The molecule has 2 heterocycles. The first kappa shape index (κ1) is 20.6.